The summed E-state index contributed by atoms with van der Waals surface area (Å²) in [6.07, 6.45) is 6.28. The molecule has 3 rings (SSSR count). The highest BCUT2D eigenvalue weighted by atomic mass is 35.5. The second-order valence-electron chi connectivity index (χ2n) is 7.23. The number of ether oxygens (including phenoxy) is 4. The molecule has 3 aromatic carbocycles. The summed E-state index contributed by atoms with van der Waals surface area (Å²) < 4.78 is 36.0. The van der Waals surface area contributed by atoms with E-state index in [0.717, 1.165) is 5.56 Å². The predicted octanol–water partition coefficient (Wildman–Crippen LogP) is 6.49. The minimum atomic E-state index is -0.559. The summed E-state index contributed by atoms with van der Waals surface area (Å²) >= 11 is 5.94. The lowest BCUT2D eigenvalue weighted by atomic mass is 10.1. The SMILES string of the molecule is COc1cc(C=Cc2cc(F)c(OC)c(NC=CC(=O)c3cccc(Cl)c3)c2)cc(OC)c1OC. The van der Waals surface area contributed by atoms with Gasteiger partial charge in [-0.15, -0.1) is 0 Å². The molecular weight excluding hydrogens is 473 g/mol. The summed E-state index contributed by atoms with van der Waals surface area (Å²) in [5.41, 5.74) is 2.12. The van der Waals surface area contributed by atoms with Crippen molar-refractivity contribution >= 4 is 35.2 Å². The quantitative estimate of drug-likeness (QED) is 0.196. The lowest BCUT2D eigenvalue weighted by Crippen LogP contribution is -1.99. The first kappa shape index (κ1) is 25.6. The van der Waals surface area contributed by atoms with Crippen LogP contribution in [0.3, 0.4) is 0 Å². The third kappa shape index (κ3) is 6.33. The molecule has 0 saturated heterocycles. The Morgan fingerprint density at radius 2 is 1.49 bits per heavy atom. The van der Waals surface area contributed by atoms with E-state index < -0.39 is 5.82 Å². The summed E-state index contributed by atoms with van der Waals surface area (Å²) in [5.74, 6) is 0.700. The number of ketones is 1. The number of rotatable bonds is 10. The van der Waals surface area contributed by atoms with E-state index in [1.54, 1.807) is 54.6 Å². The molecule has 3 aromatic rings. The molecule has 0 radical (unpaired) electrons. The number of benzene rings is 3. The molecule has 0 amide bonds. The first-order valence-electron chi connectivity index (χ1n) is 10.5. The summed E-state index contributed by atoms with van der Waals surface area (Å²) in [5, 5.41) is 3.39. The Hall–Kier alpha value is -3.97. The lowest BCUT2D eigenvalue weighted by molar-refractivity contribution is 0.104. The van der Waals surface area contributed by atoms with Gasteiger partial charge in [0.1, 0.15) is 0 Å². The minimum absolute atomic E-state index is 0.0230. The Labute approximate surface area is 208 Å². The molecule has 8 heteroatoms. The van der Waals surface area contributed by atoms with Crippen LogP contribution < -0.4 is 24.3 Å². The van der Waals surface area contributed by atoms with Crippen LogP contribution in [-0.2, 0) is 0 Å². The van der Waals surface area contributed by atoms with Crippen LogP contribution in [0.15, 0.2) is 60.8 Å². The number of methoxy groups -OCH3 is 4. The Bertz CT molecular complexity index is 1250. The standard InChI is InChI=1S/C27H25ClFNO5/c1-32-24-14-18(15-25(33-2)27(24)35-4)9-8-17-12-21(29)26(34-3)22(13-17)30-11-10-23(31)19-6-5-7-20(28)16-19/h5-16,30H,1-4H3. The van der Waals surface area contributed by atoms with E-state index in [-0.39, 0.29) is 11.5 Å². The Morgan fingerprint density at radius 1 is 0.857 bits per heavy atom. The second kappa shape index (κ2) is 11.9. The van der Waals surface area contributed by atoms with Crippen molar-refractivity contribution in [1.82, 2.24) is 0 Å². The normalized spacial score (nSPS) is 11.0. The highest BCUT2D eigenvalue weighted by molar-refractivity contribution is 6.31. The van der Waals surface area contributed by atoms with Crippen molar-refractivity contribution in [3.05, 3.63) is 88.3 Å². The zero-order valence-electron chi connectivity index (χ0n) is 19.7. The van der Waals surface area contributed by atoms with Crippen LogP contribution in [0.2, 0.25) is 5.02 Å². The molecule has 6 nitrogen and oxygen atoms in total. The van der Waals surface area contributed by atoms with Crippen molar-refractivity contribution in [1.29, 1.82) is 0 Å². The molecule has 0 bridgehead atoms. The average molecular weight is 498 g/mol. The molecule has 0 unspecified atom stereocenters. The van der Waals surface area contributed by atoms with Crippen LogP contribution in [0.25, 0.3) is 12.2 Å². The number of anilines is 1. The van der Waals surface area contributed by atoms with Gasteiger partial charge in [-0.3, -0.25) is 4.79 Å². The van der Waals surface area contributed by atoms with E-state index in [9.17, 15) is 9.18 Å². The van der Waals surface area contributed by atoms with E-state index >= 15 is 0 Å². The van der Waals surface area contributed by atoms with E-state index in [0.29, 0.717) is 39.1 Å². The van der Waals surface area contributed by atoms with Gasteiger partial charge in [0, 0.05) is 22.9 Å². The summed E-state index contributed by atoms with van der Waals surface area (Å²) in [6.45, 7) is 0. The monoisotopic (exact) mass is 497 g/mol. The van der Waals surface area contributed by atoms with Crippen molar-refractivity contribution in [2.24, 2.45) is 0 Å². The fourth-order valence-corrected chi connectivity index (χ4v) is 3.55. The number of hydrogen-bond donors (Lipinski definition) is 1. The van der Waals surface area contributed by atoms with Crippen LogP contribution in [0.1, 0.15) is 21.5 Å². The molecule has 0 saturated carbocycles. The number of nitrogens with one attached hydrogen (secondary N) is 1. The number of halogens is 2. The average Bonchev–Trinajstić information content (AvgIpc) is 2.86. The van der Waals surface area contributed by atoms with E-state index in [2.05, 4.69) is 5.32 Å². The van der Waals surface area contributed by atoms with Gasteiger partial charge < -0.3 is 24.3 Å². The van der Waals surface area contributed by atoms with Crippen molar-refractivity contribution in [2.75, 3.05) is 33.8 Å². The number of carbonyl (C=O) groups is 1. The van der Waals surface area contributed by atoms with Crippen LogP contribution >= 0.6 is 11.6 Å². The fraction of sp³-hybridized carbons (Fsp3) is 0.148. The summed E-state index contributed by atoms with van der Waals surface area (Å²) in [6, 6.07) is 13.2. The molecule has 0 aliphatic rings. The van der Waals surface area contributed by atoms with Gasteiger partial charge in [0.15, 0.2) is 28.8 Å². The van der Waals surface area contributed by atoms with Crippen molar-refractivity contribution < 1.29 is 28.1 Å². The summed E-state index contributed by atoms with van der Waals surface area (Å²) in [4.78, 5) is 12.4. The van der Waals surface area contributed by atoms with Crippen molar-refractivity contribution in [3.8, 4) is 23.0 Å². The molecule has 0 spiro atoms. The van der Waals surface area contributed by atoms with Crippen LogP contribution in [0.5, 0.6) is 23.0 Å². The Balaban J connectivity index is 1.85. The highest BCUT2D eigenvalue weighted by Crippen LogP contribution is 2.39. The van der Waals surface area contributed by atoms with Gasteiger partial charge in [0.2, 0.25) is 5.75 Å². The van der Waals surface area contributed by atoms with E-state index in [4.69, 9.17) is 30.5 Å². The van der Waals surface area contributed by atoms with Gasteiger partial charge in [-0.25, -0.2) is 4.39 Å². The molecule has 0 atom stereocenters. The number of hydrogen-bond acceptors (Lipinski definition) is 6. The van der Waals surface area contributed by atoms with Crippen molar-refractivity contribution in [3.63, 3.8) is 0 Å². The van der Waals surface area contributed by atoms with Crippen LogP contribution in [0.4, 0.5) is 10.1 Å². The van der Waals surface area contributed by atoms with E-state index in [1.165, 1.54) is 46.8 Å². The largest absolute Gasteiger partial charge is 0.493 e. The predicted molar refractivity (Wildman–Crippen MR) is 137 cm³/mol. The molecule has 0 heterocycles. The second-order valence-corrected chi connectivity index (χ2v) is 7.66. The van der Waals surface area contributed by atoms with Gasteiger partial charge in [0.25, 0.3) is 0 Å². The maximum atomic E-state index is 14.7. The maximum Gasteiger partial charge on any atom is 0.203 e. The van der Waals surface area contributed by atoms with Gasteiger partial charge in [-0.2, -0.15) is 0 Å². The first-order valence-corrected chi connectivity index (χ1v) is 10.9. The highest BCUT2D eigenvalue weighted by Gasteiger charge is 2.13. The zero-order valence-corrected chi connectivity index (χ0v) is 20.5. The topological polar surface area (TPSA) is 66.0 Å². The maximum absolute atomic E-state index is 14.7. The van der Waals surface area contributed by atoms with E-state index in [1.807, 2.05) is 0 Å². The van der Waals surface area contributed by atoms with Gasteiger partial charge >= 0.3 is 0 Å². The molecule has 0 fully saturated rings. The Kier molecular flexibility index (Phi) is 8.75. The third-order valence-electron chi connectivity index (χ3n) is 5.01. The molecule has 0 aliphatic carbocycles. The third-order valence-corrected chi connectivity index (χ3v) is 5.24. The van der Waals surface area contributed by atoms with Gasteiger partial charge in [-0.1, -0.05) is 35.9 Å². The van der Waals surface area contributed by atoms with Crippen LogP contribution in [0, 0.1) is 5.82 Å². The van der Waals surface area contributed by atoms with Crippen molar-refractivity contribution in [2.45, 2.75) is 0 Å². The van der Waals surface area contributed by atoms with Gasteiger partial charge in [-0.05, 0) is 47.5 Å². The first-order chi connectivity index (χ1) is 16.9. The smallest absolute Gasteiger partial charge is 0.203 e. The number of allylic oxidation sites excluding steroid dienone is 1. The number of carbonyl (C=O) groups excluding carboxylic acids is 1. The molecule has 35 heavy (non-hydrogen) atoms. The fourth-order valence-electron chi connectivity index (χ4n) is 3.36. The molecule has 0 aliphatic heterocycles. The minimum Gasteiger partial charge on any atom is -0.493 e. The molecule has 0 aromatic heterocycles. The lowest BCUT2D eigenvalue weighted by Gasteiger charge is -2.13. The van der Waals surface area contributed by atoms with Crippen LogP contribution in [-0.4, -0.2) is 34.2 Å². The zero-order chi connectivity index (χ0) is 25.4. The molecule has 182 valence electrons. The van der Waals surface area contributed by atoms with Gasteiger partial charge in [0.05, 0.1) is 34.1 Å². The molecular formula is C27H25ClFNO5. The Morgan fingerprint density at radius 3 is 2.06 bits per heavy atom. The molecule has 1 N–H and O–H groups in total. The summed E-state index contributed by atoms with van der Waals surface area (Å²) in [7, 11) is 5.97.